The zero-order chi connectivity index (χ0) is 33.5. The van der Waals surface area contributed by atoms with Crippen molar-refractivity contribution >= 4 is 65.6 Å². The first-order valence-electron chi connectivity index (χ1n) is 17.6. The van der Waals surface area contributed by atoms with E-state index < -0.39 is 0 Å². The summed E-state index contributed by atoms with van der Waals surface area (Å²) in [6.07, 6.45) is -0.386. The molecule has 2 atom stereocenters. The standard InChI is InChI=1S/C45H33N5O/c1-4-14-28(15-5-1)43-46-44(29-16-6-2-7-17-29)48-45(47-43)50-34-22-12-10-20-31(34)40-36(50)25-24-33-39-35(49(42(33)40)30-18-8-3-9-19-30)26-27-38-41(39)32-21-11-13-23-37(32)51-38/h1-27,43-48H. The number of fused-ring (bicyclic) bond motifs is 11. The number of nitrogens with zero attached hydrogens (tertiary/aromatic N) is 2. The van der Waals surface area contributed by atoms with Crippen molar-refractivity contribution in [3.8, 4) is 5.69 Å². The maximum Gasteiger partial charge on any atom is 0.142 e. The molecule has 4 heterocycles. The van der Waals surface area contributed by atoms with Crippen molar-refractivity contribution in [1.29, 1.82) is 0 Å². The van der Waals surface area contributed by atoms with Crippen LogP contribution in [0.3, 0.4) is 0 Å². The van der Waals surface area contributed by atoms with Crippen LogP contribution in [0.5, 0.6) is 0 Å². The first kappa shape index (κ1) is 28.6. The third kappa shape index (κ3) is 4.28. The molecule has 0 spiro atoms. The summed E-state index contributed by atoms with van der Waals surface area (Å²) in [6, 6.07) is 58.2. The fraction of sp³-hybridized carbons (Fsp3) is 0.0667. The lowest BCUT2D eigenvalue weighted by Crippen LogP contribution is -2.56. The fourth-order valence-electron chi connectivity index (χ4n) is 8.47. The van der Waals surface area contributed by atoms with Crippen LogP contribution in [0.25, 0.3) is 71.2 Å². The molecule has 0 bridgehead atoms. The number of benzene rings is 7. The van der Waals surface area contributed by atoms with Gasteiger partial charge in [0.2, 0.25) is 0 Å². The van der Waals surface area contributed by atoms with Crippen LogP contribution in [-0.2, 0) is 0 Å². The van der Waals surface area contributed by atoms with Crippen molar-refractivity contribution in [1.82, 2.24) is 25.1 Å². The fourth-order valence-corrected chi connectivity index (χ4v) is 8.47. The maximum absolute atomic E-state index is 6.42. The lowest BCUT2D eigenvalue weighted by molar-refractivity contribution is 0.161. The molecule has 0 saturated carbocycles. The largest absolute Gasteiger partial charge is 0.456 e. The van der Waals surface area contributed by atoms with E-state index in [9.17, 15) is 0 Å². The molecule has 0 amide bonds. The van der Waals surface area contributed by atoms with Gasteiger partial charge in [-0.25, -0.2) is 0 Å². The summed E-state index contributed by atoms with van der Waals surface area (Å²) < 4.78 is 11.3. The van der Waals surface area contributed by atoms with E-state index in [0.29, 0.717) is 0 Å². The molecule has 0 radical (unpaired) electrons. The lowest BCUT2D eigenvalue weighted by Gasteiger charge is -2.40. The van der Waals surface area contributed by atoms with Crippen LogP contribution >= 0.6 is 0 Å². The molecule has 51 heavy (non-hydrogen) atoms. The third-order valence-corrected chi connectivity index (χ3v) is 10.6. The summed E-state index contributed by atoms with van der Waals surface area (Å²) >= 11 is 0. The number of hydrogen-bond donors (Lipinski definition) is 3. The van der Waals surface area contributed by atoms with Crippen LogP contribution in [0, 0.1) is 0 Å². The van der Waals surface area contributed by atoms with Crippen molar-refractivity contribution in [2.24, 2.45) is 0 Å². The molecule has 6 heteroatoms. The average molecular weight is 660 g/mol. The van der Waals surface area contributed by atoms with Gasteiger partial charge < -0.3 is 13.6 Å². The second-order valence-electron chi connectivity index (χ2n) is 13.4. The lowest BCUT2D eigenvalue weighted by atomic mass is 10.0. The number of para-hydroxylation sites is 3. The van der Waals surface area contributed by atoms with Gasteiger partial charge in [0, 0.05) is 38.0 Å². The quantitative estimate of drug-likeness (QED) is 0.176. The minimum absolute atomic E-state index is 0.0824. The molecule has 6 nitrogen and oxygen atoms in total. The Labute approximate surface area is 293 Å². The molecule has 7 aromatic carbocycles. The minimum atomic E-state index is -0.222. The van der Waals surface area contributed by atoms with E-state index in [0.717, 1.165) is 44.2 Å². The second-order valence-corrected chi connectivity index (χ2v) is 13.4. The highest BCUT2D eigenvalue weighted by atomic mass is 16.3. The Balaban J connectivity index is 1.23. The molecule has 2 unspecified atom stereocenters. The van der Waals surface area contributed by atoms with E-state index in [4.69, 9.17) is 4.42 Å². The van der Waals surface area contributed by atoms with E-state index in [-0.39, 0.29) is 18.6 Å². The number of hydrogen-bond acceptors (Lipinski definition) is 4. The zero-order valence-electron chi connectivity index (χ0n) is 27.6. The van der Waals surface area contributed by atoms with Crippen LogP contribution in [0.1, 0.15) is 29.7 Å². The maximum atomic E-state index is 6.42. The van der Waals surface area contributed by atoms with Gasteiger partial charge in [-0.05, 0) is 53.6 Å². The topological polar surface area (TPSA) is 59.1 Å². The molecule has 1 saturated heterocycles. The summed E-state index contributed by atoms with van der Waals surface area (Å²) in [7, 11) is 0. The van der Waals surface area contributed by atoms with E-state index in [1.165, 1.54) is 38.2 Å². The van der Waals surface area contributed by atoms with Gasteiger partial charge in [-0.1, -0.05) is 121 Å². The predicted molar refractivity (Wildman–Crippen MR) is 208 cm³/mol. The molecular weight excluding hydrogens is 627 g/mol. The Morgan fingerprint density at radius 2 is 1.02 bits per heavy atom. The van der Waals surface area contributed by atoms with E-state index in [1.54, 1.807) is 0 Å². The van der Waals surface area contributed by atoms with E-state index in [1.807, 2.05) is 6.07 Å². The normalized spacial score (nSPS) is 18.2. The first-order valence-corrected chi connectivity index (χ1v) is 17.6. The van der Waals surface area contributed by atoms with Crippen LogP contribution in [0.15, 0.2) is 168 Å². The van der Waals surface area contributed by atoms with Gasteiger partial charge in [0.15, 0.2) is 0 Å². The van der Waals surface area contributed by atoms with Crippen molar-refractivity contribution in [2.75, 3.05) is 0 Å². The Bertz CT molecular complexity index is 2860. The Morgan fingerprint density at radius 3 is 1.75 bits per heavy atom. The molecular formula is C45H33N5O. The predicted octanol–water partition coefficient (Wildman–Crippen LogP) is 10.4. The molecule has 1 aliphatic heterocycles. The molecule has 1 fully saturated rings. The van der Waals surface area contributed by atoms with Crippen LogP contribution in [0.4, 0.5) is 0 Å². The molecule has 244 valence electrons. The van der Waals surface area contributed by atoms with Crippen molar-refractivity contribution in [2.45, 2.75) is 18.6 Å². The van der Waals surface area contributed by atoms with Crippen molar-refractivity contribution < 1.29 is 4.42 Å². The van der Waals surface area contributed by atoms with Crippen LogP contribution < -0.4 is 16.0 Å². The van der Waals surface area contributed by atoms with Crippen LogP contribution in [-0.4, -0.2) is 9.13 Å². The highest BCUT2D eigenvalue weighted by Gasteiger charge is 2.32. The van der Waals surface area contributed by atoms with Crippen LogP contribution in [0.2, 0.25) is 0 Å². The Hall–Kier alpha value is -6.18. The number of rotatable bonds is 4. The van der Waals surface area contributed by atoms with Crippen molar-refractivity contribution in [3.05, 3.63) is 175 Å². The molecule has 11 rings (SSSR count). The van der Waals surface area contributed by atoms with Gasteiger partial charge in [0.25, 0.3) is 0 Å². The summed E-state index contributed by atoms with van der Waals surface area (Å²) in [5.41, 5.74) is 9.97. The summed E-state index contributed by atoms with van der Waals surface area (Å²) in [5.74, 6) is 0. The van der Waals surface area contributed by atoms with Gasteiger partial charge in [0.1, 0.15) is 17.5 Å². The highest BCUT2D eigenvalue weighted by Crippen LogP contribution is 2.46. The highest BCUT2D eigenvalue weighted by molar-refractivity contribution is 6.32. The molecule has 1 aliphatic rings. The third-order valence-electron chi connectivity index (χ3n) is 10.6. The first-order chi connectivity index (χ1) is 25.3. The number of nitrogens with one attached hydrogen (secondary N) is 3. The van der Waals surface area contributed by atoms with Gasteiger partial charge in [-0.15, -0.1) is 0 Å². The van der Waals surface area contributed by atoms with Gasteiger partial charge in [0.05, 0.1) is 34.4 Å². The van der Waals surface area contributed by atoms with Gasteiger partial charge in [-0.2, -0.15) is 0 Å². The second kappa shape index (κ2) is 11.2. The Morgan fingerprint density at radius 1 is 0.412 bits per heavy atom. The molecule has 10 aromatic rings. The smallest absolute Gasteiger partial charge is 0.142 e. The number of aromatic nitrogens is 2. The molecule has 0 aliphatic carbocycles. The molecule has 3 N–H and O–H groups in total. The van der Waals surface area contributed by atoms with E-state index >= 15 is 0 Å². The minimum Gasteiger partial charge on any atom is -0.456 e. The number of furan rings is 1. The Kier molecular flexibility index (Phi) is 6.27. The summed E-state index contributed by atoms with van der Waals surface area (Å²) in [4.78, 5) is 0. The zero-order valence-corrected chi connectivity index (χ0v) is 27.6. The molecule has 3 aromatic heterocycles. The van der Waals surface area contributed by atoms with E-state index in [2.05, 4.69) is 183 Å². The van der Waals surface area contributed by atoms with Crippen molar-refractivity contribution in [3.63, 3.8) is 0 Å². The van der Waals surface area contributed by atoms with Gasteiger partial charge >= 0.3 is 0 Å². The average Bonchev–Trinajstić information content (AvgIpc) is 3.86. The monoisotopic (exact) mass is 659 g/mol. The van der Waals surface area contributed by atoms with Gasteiger partial charge in [-0.3, -0.25) is 16.0 Å². The summed E-state index contributed by atoms with van der Waals surface area (Å²) in [6.45, 7) is 0. The SMILES string of the molecule is c1ccc(C2NC(c3ccccc3)NC(n3c4ccccc4c4c5c(ccc43)c3c4c(ccc3n5-c3ccccc3)oc3ccccc34)N2)cc1. The summed E-state index contributed by atoms with van der Waals surface area (Å²) in [5, 5.41) is 18.8.